The molecule has 1 aromatic rings. The van der Waals surface area contributed by atoms with Crippen molar-refractivity contribution in [3.8, 4) is 5.75 Å². The highest BCUT2D eigenvalue weighted by molar-refractivity contribution is 5.82. The predicted octanol–water partition coefficient (Wildman–Crippen LogP) is 4.16. The molecule has 1 rings (SSSR count). The summed E-state index contributed by atoms with van der Waals surface area (Å²) in [5.41, 5.74) is 1.75. The van der Waals surface area contributed by atoms with E-state index >= 15 is 0 Å². The second-order valence-electron chi connectivity index (χ2n) is 6.33. The Kier molecular flexibility index (Phi) is 3.65. The first-order chi connectivity index (χ1) is 7.65. The number of hydrogen-bond donors (Lipinski definition) is 1. The molecule has 0 spiro atoms. The van der Waals surface area contributed by atoms with Crippen LogP contribution in [0.2, 0.25) is 0 Å². The molecule has 1 aromatic carbocycles. The second kappa shape index (κ2) is 4.52. The Bertz CT molecular complexity index is 408. The number of nitrogens with one attached hydrogen (secondary N) is 1. The van der Waals surface area contributed by atoms with Crippen LogP contribution >= 0.6 is 0 Å². The molecule has 0 aromatic heterocycles. The summed E-state index contributed by atoms with van der Waals surface area (Å²) in [5.74, 6) is 0.836. The van der Waals surface area contributed by atoms with Gasteiger partial charge in [0.2, 0.25) is 0 Å². The van der Waals surface area contributed by atoms with E-state index in [-0.39, 0.29) is 11.0 Å². The van der Waals surface area contributed by atoms with Crippen molar-refractivity contribution in [2.75, 3.05) is 0 Å². The zero-order chi connectivity index (χ0) is 13.3. The van der Waals surface area contributed by atoms with Crippen LogP contribution in [0.3, 0.4) is 0 Å². The van der Waals surface area contributed by atoms with Gasteiger partial charge in [0.1, 0.15) is 11.4 Å². The van der Waals surface area contributed by atoms with E-state index in [1.807, 2.05) is 32.9 Å². The fraction of sp³-hybridized carbons (Fsp3) is 0.533. The molecule has 94 valence electrons. The first-order valence-electron chi connectivity index (χ1n) is 5.98. The minimum absolute atomic E-state index is 0.0135. The Morgan fingerprint density at radius 1 is 1.06 bits per heavy atom. The smallest absolute Gasteiger partial charge is 0.132 e. The zero-order valence-electron chi connectivity index (χ0n) is 11.7. The van der Waals surface area contributed by atoms with Crippen LogP contribution in [-0.4, -0.2) is 11.8 Å². The Morgan fingerprint density at radius 3 is 2.06 bits per heavy atom. The second-order valence-corrected chi connectivity index (χ2v) is 6.33. The van der Waals surface area contributed by atoms with E-state index in [0.29, 0.717) is 0 Å². The molecule has 0 fully saturated rings. The van der Waals surface area contributed by atoms with Crippen molar-refractivity contribution < 1.29 is 4.74 Å². The topological polar surface area (TPSA) is 33.1 Å². The van der Waals surface area contributed by atoms with E-state index < -0.39 is 0 Å². The van der Waals surface area contributed by atoms with Crippen molar-refractivity contribution in [1.29, 1.82) is 5.41 Å². The van der Waals surface area contributed by atoms with Crippen LogP contribution in [0.15, 0.2) is 18.2 Å². The molecule has 0 amide bonds. The summed E-state index contributed by atoms with van der Waals surface area (Å²) >= 11 is 0. The maximum absolute atomic E-state index is 7.49. The molecule has 0 atom stereocenters. The van der Waals surface area contributed by atoms with Crippen molar-refractivity contribution in [2.24, 2.45) is 0 Å². The van der Waals surface area contributed by atoms with E-state index in [2.05, 4.69) is 26.8 Å². The van der Waals surface area contributed by atoms with Crippen LogP contribution in [0.25, 0.3) is 0 Å². The molecular weight excluding hydrogens is 210 g/mol. The normalized spacial score (nSPS) is 12.4. The molecule has 2 nitrogen and oxygen atoms in total. The number of rotatable bonds is 2. The van der Waals surface area contributed by atoms with Crippen molar-refractivity contribution >= 4 is 6.21 Å². The lowest BCUT2D eigenvalue weighted by Crippen LogP contribution is -2.26. The molecule has 2 heteroatoms. The van der Waals surface area contributed by atoms with Crippen LogP contribution in [-0.2, 0) is 5.41 Å². The SMILES string of the molecule is CC(C)(C)Oc1c(C=N)cccc1C(C)(C)C. The first-order valence-corrected chi connectivity index (χ1v) is 5.98. The Morgan fingerprint density at radius 2 is 1.65 bits per heavy atom. The third-order valence-corrected chi connectivity index (χ3v) is 2.42. The van der Waals surface area contributed by atoms with Crippen LogP contribution in [0, 0.1) is 5.41 Å². The van der Waals surface area contributed by atoms with Crippen molar-refractivity contribution in [3.63, 3.8) is 0 Å². The molecule has 0 aliphatic rings. The van der Waals surface area contributed by atoms with Gasteiger partial charge in [-0.2, -0.15) is 0 Å². The zero-order valence-corrected chi connectivity index (χ0v) is 11.7. The molecule has 1 N–H and O–H groups in total. The molecule has 0 unspecified atom stereocenters. The highest BCUT2D eigenvalue weighted by atomic mass is 16.5. The summed E-state index contributed by atoms with van der Waals surface area (Å²) in [4.78, 5) is 0. The molecule has 0 aliphatic carbocycles. The molecule has 0 radical (unpaired) electrons. The van der Waals surface area contributed by atoms with Gasteiger partial charge in [0.05, 0.1) is 0 Å². The Labute approximate surface area is 105 Å². The van der Waals surface area contributed by atoms with Crippen LogP contribution < -0.4 is 4.74 Å². The van der Waals surface area contributed by atoms with Crippen molar-refractivity contribution in [1.82, 2.24) is 0 Å². The van der Waals surface area contributed by atoms with E-state index in [0.717, 1.165) is 16.9 Å². The fourth-order valence-electron chi connectivity index (χ4n) is 1.68. The standard InChI is InChI=1S/C15H23NO/c1-14(2,3)12-9-7-8-11(10-16)13(12)17-15(4,5)6/h7-10,16H,1-6H3. The molecule has 0 heterocycles. The van der Waals surface area contributed by atoms with E-state index in [4.69, 9.17) is 10.1 Å². The van der Waals surface area contributed by atoms with Gasteiger partial charge in [0, 0.05) is 17.3 Å². The third kappa shape index (κ3) is 3.58. The molecule has 0 aliphatic heterocycles. The minimum Gasteiger partial charge on any atom is -0.487 e. The monoisotopic (exact) mass is 233 g/mol. The van der Waals surface area contributed by atoms with Crippen LogP contribution in [0.5, 0.6) is 5.75 Å². The van der Waals surface area contributed by atoms with E-state index in [1.165, 1.54) is 6.21 Å². The molecule has 0 saturated carbocycles. The number of ether oxygens (including phenoxy) is 1. The van der Waals surface area contributed by atoms with Gasteiger partial charge in [-0.05, 0) is 32.3 Å². The highest BCUT2D eigenvalue weighted by Gasteiger charge is 2.23. The summed E-state index contributed by atoms with van der Waals surface area (Å²) < 4.78 is 6.03. The van der Waals surface area contributed by atoms with Gasteiger partial charge in [-0.3, -0.25) is 0 Å². The molecule has 0 saturated heterocycles. The summed E-state index contributed by atoms with van der Waals surface area (Å²) in [5, 5.41) is 7.49. The molecular formula is C15H23NO. The van der Waals surface area contributed by atoms with Gasteiger partial charge in [0.15, 0.2) is 0 Å². The van der Waals surface area contributed by atoms with E-state index in [1.54, 1.807) is 0 Å². The summed E-state index contributed by atoms with van der Waals surface area (Å²) in [7, 11) is 0. The van der Waals surface area contributed by atoms with Gasteiger partial charge in [-0.25, -0.2) is 0 Å². The van der Waals surface area contributed by atoms with E-state index in [9.17, 15) is 0 Å². The largest absolute Gasteiger partial charge is 0.487 e. The van der Waals surface area contributed by atoms with Crippen molar-refractivity contribution in [2.45, 2.75) is 52.6 Å². The summed E-state index contributed by atoms with van der Waals surface area (Å²) in [6.07, 6.45) is 1.36. The average Bonchev–Trinajstić information content (AvgIpc) is 2.13. The third-order valence-electron chi connectivity index (χ3n) is 2.42. The average molecular weight is 233 g/mol. The van der Waals surface area contributed by atoms with Crippen molar-refractivity contribution in [3.05, 3.63) is 29.3 Å². The lowest BCUT2D eigenvalue weighted by atomic mass is 9.85. The summed E-state index contributed by atoms with van der Waals surface area (Å²) in [6, 6.07) is 5.98. The van der Waals surface area contributed by atoms with Crippen LogP contribution in [0.1, 0.15) is 52.7 Å². The Balaban J connectivity index is 3.36. The van der Waals surface area contributed by atoms with Gasteiger partial charge in [-0.15, -0.1) is 0 Å². The molecule has 0 bridgehead atoms. The van der Waals surface area contributed by atoms with Gasteiger partial charge >= 0.3 is 0 Å². The maximum atomic E-state index is 7.49. The molecule has 17 heavy (non-hydrogen) atoms. The number of hydrogen-bond acceptors (Lipinski definition) is 2. The highest BCUT2D eigenvalue weighted by Crippen LogP contribution is 2.35. The lowest BCUT2D eigenvalue weighted by Gasteiger charge is -2.29. The van der Waals surface area contributed by atoms with Gasteiger partial charge in [0.25, 0.3) is 0 Å². The van der Waals surface area contributed by atoms with Crippen LogP contribution in [0.4, 0.5) is 0 Å². The first kappa shape index (κ1) is 13.8. The minimum atomic E-state index is -0.251. The quantitative estimate of drug-likeness (QED) is 0.764. The fourth-order valence-corrected chi connectivity index (χ4v) is 1.68. The summed E-state index contributed by atoms with van der Waals surface area (Å²) in [6.45, 7) is 12.6. The maximum Gasteiger partial charge on any atom is 0.132 e. The van der Waals surface area contributed by atoms with Gasteiger partial charge < -0.3 is 10.1 Å². The lowest BCUT2D eigenvalue weighted by molar-refractivity contribution is 0.127. The predicted molar refractivity (Wildman–Crippen MR) is 73.4 cm³/mol. The number of para-hydroxylation sites is 1. The Hall–Kier alpha value is -1.31. The number of benzene rings is 1. The van der Waals surface area contributed by atoms with Gasteiger partial charge in [-0.1, -0.05) is 32.9 Å².